The second kappa shape index (κ2) is 9.72. The van der Waals surface area contributed by atoms with E-state index in [-0.39, 0.29) is 5.04 Å². The summed E-state index contributed by atoms with van der Waals surface area (Å²) in [7, 11) is 0.0843. The molecule has 0 unspecified atom stereocenters. The summed E-state index contributed by atoms with van der Waals surface area (Å²) in [4.78, 5) is 8.37. The molecular weight excluding hydrogens is 378 g/mol. The fraction of sp³-hybridized carbons (Fsp3) is 0.565. The average molecular weight is 416 g/mol. The first-order chi connectivity index (χ1) is 13.5. The van der Waals surface area contributed by atoms with E-state index >= 15 is 0 Å². The first kappa shape index (κ1) is 23.4. The lowest BCUT2D eigenvalue weighted by molar-refractivity contribution is 0.279. The average Bonchev–Trinajstić information content (AvgIpc) is 2.63. The Bertz CT molecular complexity index is 816. The molecule has 0 radical (unpaired) electrons. The van der Waals surface area contributed by atoms with E-state index in [1.807, 2.05) is 6.92 Å². The lowest BCUT2D eigenvalue weighted by Crippen LogP contribution is -2.40. The van der Waals surface area contributed by atoms with Gasteiger partial charge in [0.05, 0.1) is 7.11 Å². The van der Waals surface area contributed by atoms with Crippen LogP contribution in [0.2, 0.25) is 18.1 Å². The molecule has 1 aromatic carbocycles. The van der Waals surface area contributed by atoms with Crippen LogP contribution in [0.1, 0.15) is 56.0 Å². The predicted molar refractivity (Wildman–Crippen MR) is 123 cm³/mol. The van der Waals surface area contributed by atoms with Crippen LogP contribution in [0.3, 0.4) is 0 Å². The molecule has 0 spiro atoms. The van der Waals surface area contributed by atoms with Crippen LogP contribution in [0, 0.1) is 6.92 Å². The van der Waals surface area contributed by atoms with Crippen molar-refractivity contribution in [3.8, 4) is 5.75 Å². The highest BCUT2D eigenvalue weighted by Crippen LogP contribution is 2.36. The topological polar surface area (TPSA) is 70.3 Å². The molecule has 29 heavy (non-hydrogen) atoms. The van der Waals surface area contributed by atoms with E-state index in [9.17, 15) is 0 Å². The van der Waals surface area contributed by atoms with Crippen molar-refractivity contribution in [3.63, 3.8) is 0 Å². The van der Waals surface area contributed by atoms with Crippen molar-refractivity contribution in [2.75, 3.05) is 19.5 Å². The number of aryl methyl sites for hydroxylation is 2. The number of unbranched alkanes of at least 4 members (excludes halogenated alkanes) is 1. The normalized spacial score (nSPS) is 12.2. The van der Waals surface area contributed by atoms with Gasteiger partial charge in [-0.05, 0) is 67.1 Å². The fourth-order valence-corrected chi connectivity index (χ4v) is 4.04. The SMILES string of the molecule is COc1cc(CCCCO[Si](C)(C)C(C)(C)C)ccc1Cc1cnc(N)nc1C. The van der Waals surface area contributed by atoms with Crippen LogP contribution in [-0.2, 0) is 17.3 Å². The Morgan fingerprint density at radius 3 is 2.45 bits per heavy atom. The van der Waals surface area contributed by atoms with E-state index in [1.54, 1.807) is 13.3 Å². The molecule has 6 heteroatoms. The van der Waals surface area contributed by atoms with Crippen molar-refractivity contribution < 1.29 is 9.16 Å². The van der Waals surface area contributed by atoms with Gasteiger partial charge >= 0.3 is 0 Å². The second-order valence-corrected chi connectivity index (χ2v) is 14.0. The van der Waals surface area contributed by atoms with E-state index in [4.69, 9.17) is 14.9 Å². The Kier molecular flexibility index (Phi) is 7.83. The Hall–Kier alpha value is -1.92. The molecular formula is C23H37N3O2Si. The number of nitrogen functional groups attached to an aromatic ring is 1. The molecule has 0 saturated heterocycles. The molecule has 1 heterocycles. The summed E-state index contributed by atoms with van der Waals surface area (Å²) >= 11 is 0. The molecule has 160 valence electrons. The highest BCUT2D eigenvalue weighted by Gasteiger charge is 2.36. The molecule has 5 nitrogen and oxygen atoms in total. The van der Waals surface area contributed by atoms with E-state index in [2.05, 4.69) is 62.0 Å². The molecule has 0 amide bonds. The molecule has 1 aromatic heterocycles. The summed E-state index contributed by atoms with van der Waals surface area (Å²) in [6.45, 7) is 14.3. The largest absolute Gasteiger partial charge is 0.496 e. The van der Waals surface area contributed by atoms with Crippen molar-refractivity contribution >= 4 is 14.3 Å². The minimum absolute atomic E-state index is 0.268. The number of benzene rings is 1. The van der Waals surface area contributed by atoms with Crippen LogP contribution < -0.4 is 10.5 Å². The maximum Gasteiger partial charge on any atom is 0.220 e. The van der Waals surface area contributed by atoms with Crippen molar-refractivity contribution in [1.82, 2.24) is 9.97 Å². The van der Waals surface area contributed by atoms with E-state index in [0.29, 0.717) is 5.95 Å². The van der Waals surface area contributed by atoms with Crippen LogP contribution in [-0.4, -0.2) is 32.0 Å². The molecule has 0 fully saturated rings. The number of aromatic nitrogens is 2. The van der Waals surface area contributed by atoms with Gasteiger partial charge in [0.25, 0.3) is 0 Å². The highest BCUT2D eigenvalue weighted by molar-refractivity contribution is 6.74. The standard InChI is InChI=1S/C23H37N3O2Si/c1-17-20(16-25-22(24)26-17)15-19-12-11-18(14-21(19)27-5)10-8-9-13-28-29(6,7)23(2,3)4/h11-12,14,16H,8-10,13,15H2,1-7H3,(H2,24,25,26). The Morgan fingerprint density at radius 1 is 1.10 bits per heavy atom. The maximum absolute atomic E-state index is 6.28. The van der Waals surface area contributed by atoms with Crippen LogP contribution in [0.5, 0.6) is 5.75 Å². The summed E-state index contributed by atoms with van der Waals surface area (Å²) in [5, 5.41) is 0.268. The minimum Gasteiger partial charge on any atom is -0.496 e. The zero-order valence-corrected chi connectivity index (χ0v) is 20.1. The molecule has 2 N–H and O–H groups in total. The van der Waals surface area contributed by atoms with Gasteiger partial charge in [0.15, 0.2) is 8.32 Å². The van der Waals surface area contributed by atoms with Crippen molar-refractivity contribution in [2.45, 2.75) is 71.5 Å². The van der Waals surface area contributed by atoms with Crippen LogP contribution in [0.15, 0.2) is 24.4 Å². The van der Waals surface area contributed by atoms with Crippen molar-refractivity contribution in [3.05, 3.63) is 46.8 Å². The van der Waals surface area contributed by atoms with Crippen LogP contribution in [0.4, 0.5) is 5.95 Å². The summed E-state index contributed by atoms with van der Waals surface area (Å²) < 4.78 is 11.9. The summed E-state index contributed by atoms with van der Waals surface area (Å²) in [6.07, 6.45) is 5.76. The first-order valence-corrected chi connectivity index (χ1v) is 13.3. The number of anilines is 1. The molecule has 0 saturated carbocycles. The zero-order chi connectivity index (χ0) is 21.7. The number of hydrogen-bond donors (Lipinski definition) is 1. The first-order valence-electron chi connectivity index (χ1n) is 10.4. The minimum atomic E-state index is -1.64. The van der Waals surface area contributed by atoms with Crippen molar-refractivity contribution in [2.24, 2.45) is 0 Å². The van der Waals surface area contributed by atoms with Gasteiger partial charge in [-0.15, -0.1) is 0 Å². The third-order valence-corrected chi connectivity index (χ3v) is 10.5. The van der Waals surface area contributed by atoms with Gasteiger partial charge in [-0.3, -0.25) is 0 Å². The number of ether oxygens (including phenoxy) is 1. The smallest absolute Gasteiger partial charge is 0.220 e. The fourth-order valence-electron chi connectivity index (χ4n) is 2.95. The maximum atomic E-state index is 6.28. The van der Waals surface area contributed by atoms with Gasteiger partial charge in [0.1, 0.15) is 5.75 Å². The molecule has 2 rings (SSSR count). The quantitative estimate of drug-likeness (QED) is 0.444. The van der Waals surface area contributed by atoms with E-state index in [0.717, 1.165) is 54.9 Å². The molecule has 0 atom stereocenters. The second-order valence-electron chi connectivity index (χ2n) is 9.23. The third-order valence-electron chi connectivity index (χ3n) is 5.96. The van der Waals surface area contributed by atoms with Crippen LogP contribution >= 0.6 is 0 Å². The molecule has 2 aromatic rings. The van der Waals surface area contributed by atoms with Crippen molar-refractivity contribution in [1.29, 1.82) is 0 Å². The van der Waals surface area contributed by atoms with Gasteiger partial charge in [-0.1, -0.05) is 32.9 Å². The van der Waals surface area contributed by atoms with E-state index in [1.165, 1.54) is 5.56 Å². The molecule has 0 aliphatic heterocycles. The summed E-state index contributed by atoms with van der Waals surface area (Å²) in [6, 6.07) is 6.49. The molecule has 0 bridgehead atoms. The summed E-state index contributed by atoms with van der Waals surface area (Å²) in [5.41, 5.74) is 10.1. The number of methoxy groups -OCH3 is 1. The number of rotatable bonds is 9. The van der Waals surface area contributed by atoms with Gasteiger partial charge in [-0.2, -0.15) is 0 Å². The van der Waals surface area contributed by atoms with Gasteiger partial charge in [-0.25, -0.2) is 9.97 Å². The number of hydrogen-bond acceptors (Lipinski definition) is 5. The number of nitrogens with zero attached hydrogens (tertiary/aromatic N) is 2. The predicted octanol–water partition coefficient (Wildman–Crippen LogP) is 5.31. The van der Waals surface area contributed by atoms with Gasteiger partial charge in [0, 0.05) is 24.9 Å². The Balaban J connectivity index is 1.91. The highest BCUT2D eigenvalue weighted by atomic mass is 28.4. The van der Waals surface area contributed by atoms with Crippen LogP contribution in [0.25, 0.3) is 0 Å². The van der Waals surface area contributed by atoms with E-state index < -0.39 is 8.32 Å². The lowest BCUT2D eigenvalue weighted by Gasteiger charge is -2.36. The van der Waals surface area contributed by atoms with Gasteiger partial charge in [0.2, 0.25) is 5.95 Å². The molecule has 0 aliphatic rings. The zero-order valence-electron chi connectivity index (χ0n) is 19.1. The third kappa shape index (κ3) is 6.54. The monoisotopic (exact) mass is 415 g/mol. The van der Waals surface area contributed by atoms with Gasteiger partial charge < -0.3 is 14.9 Å². The Morgan fingerprint density at radius 2 is 1.83 bits per heavy atom. The summed E-state index contributed by atoms with van der Waals surface area (Å²) in [5.74, 6) is 1.22. The lowest BCUT2D eigenvalue weighted by atomic mass is 10.0. The Labute approximate surface area is 177 Å². The number of nitrogens with two attached hydrogens (primary N) is 1. The molecule has 0 aliphatic carbocycles.